The fraction of sp³-hybridized carbons (Fsp3) is 0.688. The topological polar surface area (TPSA) is 78.4 Å². The Morgan fingerprint density at radius 1 is 1.26 bits per heavy atom. The first-order valence-corrected chi connectivity index (χ1v) is 8.86. The van der Waals surface area contributed by atoms with E-state index in [1.807, 2.05) is 33.9 Å². The molecule has 0 radical (unpaired) electrons. The minimum absolute atomic E-state index is 0.0559. The van der Waals surface area contributed by atoms with Gasteiger partial charge in [0.25, 0.3) is 0 Å². The van der Waals surface area contributed by atoms with Crippen molar-refractivity contribution in [2.75, 3.05) is 26.2 Å². The van der Waals surface area contributed by atoms with Crippen molar-refractivity contribution in [3.63, 3.8) is 0 Å². The summed E-state index contributed by atoms with van der Waals surface area (Å²) < 4.78 is 0. The number of carbonyl (C=O) groups excluding carboxylic acids is 1. The minimum atomic E-state index is -0.357. The second kappa shape index (κ2) is 9.50. The minimum Gasteiger partial charge on any atom is -0.357 e. The van der Waals surface area contributed by atoms with Gasteiger partial charge in [-0.3, -0.25) is 9.79 Å². The smallest absolute Gasteiger partial charge is 0.225 e. The number of rotatable bonds is 7. The Bertz CT molecular complexity index is 519. The summed E-state index contributed by atoms with van der Waals surface area (Å²) in [5, 5.41) is 10.5. The summed E-state index contributed by atoms with van der Waals surface area (Å²) in [4.78, 5) is 21.9. The lowest BCUT2D eigenvalue weighted by Crippen LogP contribution is -2.43. The molecule has 3 N–H and O–H groups in total. The average molecular weight is 340 g/mol. The van der Waals surface area contributed by atoms with Crippen LogP contribution in [0.4, 0.5) is 0 Å². The Labute approximate surface area is 143 Å². The van der Waals surface area contributed by atoms with Crippen LogP contribution in [0.3, 0.4) is 0 Å². The first kappa shape index (κ1) is 19.4. The Morgan fingerprint density at radius 2 is 1.96 bits per heavy atom. The molecule has 0 bridgehead atoms. The second-order valence-corrected chi connectivity index (χ2v) is 7.63. The Hall–Kier alpha value is -1.63. The maximum absolute atomic E-state index is 11.8. The maximum Gasteiger partial charge on any atom is 0.225 e. The molecule has 0 aliphatic carbocycles. The molecule has 0 spiro atoms. The van der Waals surface area contributed by atoms with Crippen molar-refractivity contribution < 1.29 is 4.79 Å². The third-order valence-corrected chi connectivity index (χ3v) is 3.97. The summed E-state index contributed by atoms with van der Waals surface area (Å²) in [5.41, 5.74) is -0.357. The quantitative estimate of drug-likeness (QED) is 0.401. The molecule has 0 saturated carbocycles. The molecule has 6 nitrogen and oxygen atoms in total. The lowest BCUT2D eigenvalue weighted by atomic mass is 9.96. The van der Waals surface area contributed by atoms with Gasteiger partial charge in [0, 0.05) is 49.1 Å². The number of aliphatic imine (C=N–C) groups is 1. The van der Waals surface area contributed by atoms with Crippen LogP contribution in [0.1, 0.15) is 37.6 Å². The van der Waals surface area contributed by atoms with Gasteiger partial charge < -0.3 is 16.0 Å². The van der Waals surface area contributed by atoms with Crippen LogP contribution in [0.15, 0.2) is 11.2 Å². The first-order valence-electron chi connectivity index (χ1n) is 8.04. The van der Waals surface area contributed by atoms with Gasteiger partial charge in [-0.25, -0.2) is 4.98 Å². The average Bonchev–Trinajstić information content (AvgIpc) is 2.87. The van der Waals surface area contributed by atoms with E-state index >= 15 is 0 Å². The Morgan fingerprint density at radius 3 is 2.52 bits per heavy atom. The number of hydrogen-bond donors (Lipinski definition) is 3. The van der Waals surface area contributed by atoms with Crippen LogP contribution in [0.2, 0.25) is 0 Å². The van der Waals surface area contributed by atoms with Crippen LogP contribution in [0.25, 0.3) is 0 Å². The molecule has 0 fully saturated rings. The number of amides is 1. The highest BCUT2D eigenvalue weighted by Gasteiger charge is 2.20. The number of nitrogens with zero attached hydrogens (tertiary/aromatic N) is 2. The molecular weight excluding hydrogens is 310 g/mol. The lowest BCUT2D eigenvalue weighted by Gasteiger charge is -2.18. The standard InChI is InChI=1S/C16H29N5OS/c1-6-17-15(19-8-7-13-21-11-12(2)23-13)20-10-9-18-14(22)16(3,4)5/h11H,6-10H2,1-5H3,(H,18,22)(H2,17,19,20). The molecule has 1 aromatic heterocycles. The number of aryl methyl sites for hydroxylation is 1. The van der Waals surface area contributed by atoms with E-state index < -0.39 is 0 Å². The van der Waals surface area contributed by atoms with E-state index in [4.69, 9.17) is 0 Å². The molecule has 7 heteroatoms. The number of nitrogens with one attached hydrogen (secondary N) is 3. The number of thiazole rings is 1. The summed E-state index contributed by atoms with van der Waals surface area (Å²) in [6, 6.07) is 0. The Balaban J connectivity index is 2.33. The van der Waals surface area contributed by atoms with Crippen molar-refractivity contribution in [1.29, 1.82) is 0 Å². The number of carbonyl (C=O) groups is 1. The third-order valence-electron chi connectivity index (χ3n) is 2.99. The van der Waals surface area contributed by atoms with Gasteiger partial charge in [0.15, 0.2) is 5.96 Å². The zero-order chi connectivity index (χ0) is 17.3. The van der Waals surface area contributed by atoms with Crippen molar-refractivity contribution in [2.24, 2.45) is 10.4 Å². The third kappa shape index (κ3) is 7.97. The van der Waals surface area contributed by atoms with Crippen molar-refractivity contribution >= 4 is 23.2 Å². The van der Waals surface area contributed by atoms with Gasteiger partial charge in [-0.2, -0.15) is 0 Å². The molecule has 0 aliphatic heterocycles. The van der Waals surface area contributed by atoms with Crippen molar-refractivity contribution in [1.82, 2.24) is 20.9 Å². The number of guanidine groups is 1. The summed E-state index contributed by atoms with van der Waals surface area (Å²) >= 11 is 1.71. The van der Waals surface area contributed by atoms with Crippen LogP contribution < -0.4 is 16.0 Å². The lowest BCUT2D eigenvalue weighted by molar-refractivity contribution is -0.128. The zero-order valence-corrected chi connectivity index (χ0v) is 15.6. The summed E-state index contributed by atoms with van der Waals surface area (Å²) in [6.07, 6.45) is 2.74. The first-order chi connectivity index (χ1) is 10.8. The number of hydrogen-bond acceptors (Lipinski definition) is 4. The molecule has 0 unspecified atom stereocenters. The number of aromatic nitrogens is 1. The normalized spacial score (nSPS) is 12.1. The molecule has 1 amide bonds. The maximum atomic E-state index is 11.8. The van der Waals surface area contributed by atoms with Crippen LogP contribution in [-0.2, 0) is 11.2 Å². The van der Waals surface area contributed by atoms with Gasteiger partial charge in [0.2, 0.25) is 5.91 Å². The van der Waals surface area contributed by atoms with Gasteiger partial charge in [0.1, 0.15) is 0 Å². The van der Waals surface area contributed by atoms with E-state index in [2.05, 4.69) is 32.9 Å². The molecule has 23 heavy (non-hydrogen) atoms. The van der Waals surface area contributed by atoms with E-state index in [9.17, 15) is 4.79 Å². The van der Waals surface area contributed by atoms with E-state index in [0.717, 1.165) is 23.9 Å². The molecule has 0 aliphatic rings. The zero-order valence-electron chi connectivity index (χ0n) is 14.8. The van der Waals surface area contributed by atoms with Crippen LogP contribution >= 0.6 is 11.3 Å². The summed E-state index contributed by atoms with van der Waals surface area (Å²) in [6.45, 7) is 12.5. The summed E-state index contributed by atoms with van der Waals surface area (Å²) in [7, 11) is 0. The molecule has 1 aromatic rings. The van der Waals surface area contributed by atoms with Gasteiger partial charge in [0.05, 0.1) is 5.01 Å². The predicted octanol–water partition coefficient (Wildman–Crippen LogP) is 1.71. The van der Waals surface area contributed by atoms with Crippen LogP contribution in [-0.4, -0.2) is 43.0 Å². The molecule has 0 saturated heterocycles. The van der Waals surface area contributed by atoms with E-state index in [1.165, 1.54) is 4.88 Å². The highest BCUT2D eigenvalue weighted by atomic mass is 32.1. The van der Waals surface area contributed by atoms with Crippen LogP contribution in [0, 0.1) is 12.3 Å². The molecule has 1 rings (SSSR count). The van der Waals surface area contributed by atoms with Gasteiger partial charge in [-0.05, 0) is 13.8 Å². The molecule has 1 heterocycles. The van der Waals surface area contributed by atoms with E-state index in [1.54, 1.807) is 11.3 Å². The van der Waals surface area contributed by atoms with Crippen LogP contribution in [0.5, 0.6) is 0 Å². The Kier molecular flexibility index (Phi) is 8.02. The highest BCUT2D eigenvalue weighted by Crippen LogP contribution is 2.12. The van der Waals surface area contributed by atoms with E-state index in [-0.39, 0.29) is 11.3 Å². The van der Waals surface area contributed by atoms with Gasteiger partial charge in [-0.1, -0.05) is 20.8 Å². The monoisotopic (exact) mass is 339 g/mol. The fourth-order valence-electron chi connectivity index (χ4n) is 1.74. The SMILES string of the molecule is CCNC(=NCCc1ncc(C)s1)NCCNC(=O)C(C)(C)C. The van der Waals surface area contributed by atoms with E-state index in [0.29, 0.717) is 19.6 Å². The van der Waals surface area contributed by atoms with Crippen molar-refractivity contribution in [3.8, 4) is 0 Å². The molecular formula is C16H29N5OS. The summed E-state index contributed by atoms with van der Waals surface area (Å²) in [5.74, 6) is 0.825. The predicted molar refractivity (Wildman–Crippen MR) is 97.0 cm³/mol. The van der Waals surface area contributed by atoms with Crippen molar-refractivity contribution in [3.05, 3.63) is 16.1 Å². The van der Waals surface area contributed by atoms with Crippen molar-refractivity contribution in [2.45, 2.75) is 41.0 Å². The largest absolute Gasteiger partial charge is 0.357 e. The second-order valence-electron chi connectivity index (χ2n) is 6.31. The van der Waals surface area contributed by atoms with Gasteiger partial charge >= 0.3 is 0 Å². The van der Waals surface area contributed by atoms with Gasteiger partial charge in [-0.15, -0.1) is 11.3 Å². The molecule has 0 atom stereocenters. The highest BCUT2D eigenvalue weighted by molar-refractivity contribution is 7.11. The molecule has 0 aromatic carbocycles. The fourth-order valence-corrected chi connectivity index (χ4v) is 2.52. The molecule has 130 valence electrons.